The third-order valence-electron chi connectivity index (χ3n) is 5.09. The standard InChI is InChI=1S/C20H13N5O5/c26-14-9-5-1-2-6-10(9)15(27)20(14,13-16(28)23-19(30)24-17(13)29)25-18-21-11-7-3-4-8-12(11)22-18/h1-8H,(H2,21,22,25)(H3,23,24,28,29,30). The highest BCUT2D eigenvalue weighted by Crippen LogP contribution is 2.41. The highest BCUT2D eigenvalue weighted by molar-refractivity contribution is 6.34. The fourth-order valence-corrected chi connectivity index (χ4v) is 3.80. The van der Waals surface area contributed by atoms with E-state index in [4.69, 9.17) is 0 Å². The monoisotopic (exact) mass is 403 g/mol. The second kappa shape index (κ2) is 6.01. The van der Waals surface area contributed by atoms with E-state index in [0.717, 1.165) is 0 Å². The number of H-pyrrole nitrogens is 3. The first kappa shape index (κ1) is 17.6. The number of benzene rings is 2. The number of hydrogen-bond acceptors (Lipinski definition) is 7. The number of rotatable bonds is 3. The number of nitrogens with one attached hydrogen (secondary N) is 4. The van der Waals surface area contributed by atoms with Crippen LogP contribution in [0.2, 0.25) is 0 Å². The summed E-state index contributed by atoms with van der Waals surface area (Å²) in [7, 11) is 0. The third-order valence-corrected chi connectivity index (χ3v) is 5.09. The van der Waals surface area contributed by atoms with Gasteiger partial charge in [-0.1, -0.05) is 36.4 Å². The lowest BCUT2D eigenvalue weighted by molar-refractivity contribution is 0.0813. The van der Waals surface area contributed by atoms with E-state index in [2.05, 4.69) is 15.3 Å². The first-order chi connectivity index (χ1) is 14.4. The van der Waals surface area contributed by atoms with Crippen molar-refractivity contribution in [1.29, 1.82) is 0 Å². The van der Waals surface area contributed by atoms with Crippen molar-refractivity contribution in [1.82, 2.24) is 19.9 Å². The SMILES string of the molecule is O=C1c2ccccc2C(=O)C1(Nc1nc2ccccc2[nH]1)c1c(O)[nH]c(=O)[nH]c1=O. The Morgan fingerprint density at radius 1 is 0.833 bits per heavy atom. The predicted molar refractivity (Wildman–Crippen MR) is 106 cm³/mol. The fourth-order valence-electron chi connectivity index (χ4n) is 3.80. The van der Waals surface area contributed by atoms with Crippen LogP contribution in [0.4, 0.5) is 5.95 Å². The van der Waals surface area contributed by atoms with E-state index >= 15 is 0 Å². The van der Waals surface area contributed by atoms with Crippen LogP contribution in [0.3, 0.4) is 0 Å². The zero-order chi connectivity index (χ0) is 21.0. The molecule has 2 heterocycles. The number of Topliss-reactive ketones (excluding diaryl/α,β-unsaturated/α-hetero) is 2. The average molecular weight is 403 g/mol. The zero-order valence-corrected chi connectivity index (χ0v) is 15.1. The van der Waals surface area contributed by atoms with Crippen molar-refractivity contribution in [3.05, 3.63) is 86.1 Å². The van der Waals surface area contributed by atoms with E-state index in [0.29, 0.717) is 11.0 Å². The normalized spacial score (nSPS) is 14.8. The highest BCUT2D eigenvalue weighted by atomic mass is 16.3. The quantitative estimate of drug-likeness (QED) is 0.319. The van der Waals surface area contributed by atoms with Gasteiger partial charge in [0.1, 0.15) is 5.56 Å². The highest BCUT2D eigenvalue weighted by Gasteiger charge is 2.58. The summed E-state index contributed by atoms with van der Waals surface area (Å²) in [6, 6.07) is 13.1. The third kappa shape index (κ3) is 2.27. The van der Waals surface area contributed by atoms with Crippen molar-refractivity contribution in [2.24, 2.45) is 0 Å². The largest absolute Gasteiger partial charge is 0.494 e. The Bertz CT molecular complexity index is 1410. The molecule has 0 aliphatic heterocycles. The van der Waals surface area contributed by atoms with Crippen LogP contribution in [0.5, 0.6) is 5.88 Å². The molecule has 0 fully saturated rings. The molecule has 0 amide bonds. The number of para-hydroxylation sites is 2. The summed E-state index contributed by atoms with van der Waals surface area (Å²) in [5.41, 5.74) is -3.64. The number of aromatic amines is 3. The van der Waals surface area contributed by atoms with E-state index in [1.54, 1.807) is 36.4 Å². The Morgan fingerprint density at radius 3 is 2.10 bits per heavy atom. The Kier molecular flexibility index (Phi) is 3.53. The molecule has 1 aliphatic carbocycles. The van der Waals surface area contributed by atoms with Gasteiger partial charge in [-0.05, 0) is 12.1 Å². The Labute approximate surface area is 166 Å². The number of aromatic nitrogens is 4. The van der Waals surface area contributed by atoms with Gasteiger partial charge in [0.05, 0.1) is 11.0 Å². The van der Waals surface area contributed by atoms with E-state index in [1.165, 1.54) is 12.1 Å². The molecule has 0 saturated carbocycles. The molecule has 0 spiro atoms. The van der Waals surface area contributed by atoms with Crippen LogP contribution in [-0.4, -0.2) is 36.6 Å². The maximum atomic E-state index is 13.5. The van der Waals surface area contributed by atoms with E-state index < -0.39 is 39.8 Å². The summed E-state index contributed by atoms with van der Waals surface area (Å²) in [6.45, 7) is 0. The molecule has 148 valence electrons. The number of imidazole rings is 1. The van der Waals surface area contributed by atoms with Gasteiger partial charge < -0.3 is 15.4 Å². The van der Waals surface area contributed by atoms with E-state index in [1.807, 2.05) is 9.97 Å². The molecule has 2 aromatic heterocycles. The van der Waals surface area contributed by atoms with Crippen LogP contribution < -0.4 is 16.6 Å². The van der Waals surface area contributed by atoms with E-state index in [-0.39, 0.29) is 17.1 Å². The maximum Gasteiger partial charge on any atom is 0.328 e. The molecule has 0 saturated heterocycles. The van der Waals surface area contributed by atoms with Gasteiger partial charge in [0, 0.05) is 11.1 Å². The summed E-state index contributed by atoms with van der Waals surface area (Å²) in [5, 5.41) is 13.1. The lowest BCUT2D eigenvalue weighted by Crippen LogP contribution is -2.50. The number of fused-ring (bicyclic) bond motifs is 2. The van der Waals surface area contributed by atoms with Crippen LogP contribution in [0.25, 0.3) is 11.0 Å². The lowest BCUT2D eigenvalue weighted by Gasteiger charge is -2.26. The predicted octanol–water partition coefficient (Wildman–Crippen LogP) is 1.03. The molecule has 10 heteroatoms. The Hall–Kier alpha value is -4.47. The number of aromatic hydroxyl groups is 1. The van der Waals surface area contributed by atoms with Crippen LogP contribution in [0.15, 0.2) is 58.1 Å². The molecule has 0 bridgehead atoms. The Morgan fingerprint density at radius 2 is 1.47 bits per heavy atom. The van der Waals surface area contributed by atoms with Gasteiger partial charge in [0.25, 0.3) is 5.56 Å². The lowest BCUT2D eigenvalue weighted by atomic mass is 9.86. The van der Waals surface area contributed by atoms with Gasteiger partial charge in [0.15, 0.2) is 0 Å². The van der Waals surface area contributed by atoms with Crippen molar-refractivity contribution in [2.45, 2.75) is 5.54 Å². The van der Waals surface area contributed by atoms with Crippen molar-refractivity contribution < 1.29 is 14.7 Å². The average Bonchev–Trinajstić information content (AvgIpc) is 3.21. The van der Waals surface area contributed by atoms with Crippen LogP contribution >= 0.6 is 0 Å². The minimum Gasteiger partial charge on any atom is -0.494 e. The van der Waals surface area contributed by atoms with Crippen molar-refractivity contribution in [3.63, 3.8) is 0 Å². The summed E-state index contributed by atoms with van der Waals surface area (Å²) in [5.74, 6) is -2.36. The molecule has 5 N–H and O–H groups in total. The molecule has 0 unspecified atom stereocenters. The summed E-state index contributed by atoms with van der Waals surface area (Å²) >= 11 is 0. The van der Waals surface area contributed by atoms with Crippen LogP contribution in [0.1, 0.15) is 26.3 Å². The number of carbonyl (C=O) groups is 2. The van der Waals surface area contributed by atoms with Gasteiger partial charge >= 0.3 is 5.69 Å². The zero-order valence-electron chi connectivity index (χ0n) is 15.1. The molecule has 1 aliphatic rings. The summed E-state index contributed by atoms with van der Waals surface area (Å²) in [4.78, 5) is 62.4. The van der Waals surface area contributed by atoms with Gasteiger partial charge in [-0.3, -0.25) is 24.4 Å². The van der Waals surface area contributed by atoms with Crippen molar-refractivity contribution in [3.8, 4) is 5.88 Å². The molecule has 2 aromatic carbocycles. The number of hydrogen-bond donors (Lipinski definition) is 5. The van der Waals surface area contributed by atoms with Gasteiger partial charge in [-0.2, -0.15) is 0 Å². The molecule has 30 heavy (non-hydrogen) atoms. The minimum atomic E-state index is -2.32. The molecule has 10 nitrogen and oxygen atoms in total. The molecule has 0 radical (unpaired) electrons. The van der Waals surface area contributed by atoms with E-state index in [9.17, 15) is 24.3 Å². The van der Waals surface area contributed by atoms with Crippen molar-refractivity contribution in [2.75, 3.05) is 5.32 Å². The molecule has 4 aromatic rings. The fraction of sp³-hybridized carbons (Fsp3) is 0.0500. The molecular formula is C20H13N5O5. The molecular weight excluding hydrogens is 390 g/mol. The van der Waals surface area contributed by atoms with Crippen LogP contribution in [-0.2, 0) is 5.54 Å². The number of anilines is 1. The molecule has 0 atom stereocenters. The molecule has 5 rings (SSSR count). The number of ketones is 2. The minimum absolute atomic E-state index is 0.0377. The summed E-state index contributed by atoms with van der Waals surface area (Å²) < 4.78 is 0. The second-order valence-corrected chi connectivity index (χ2v) is 6.81. The second-order valence-electron chi connectivity index (χ2n) is 6.81. The number of carbonyl (C=O) groups excluding carboxylic acids is 2. The Balaban J connectivity index is 1.80. The number of nitrogens with zero attached hydrogens (tertiary/aromatic N) is 1. The maximum absolute atomic E-state index is 13.5. The smallest absolute Gasteiger partial charge is 0.328 e. The van der Waals surface area contributed by atoms with Gasteiger partial charge in [-0.25, -0.2) is 9.78 Å². The first-order valence-electron chi connectivity index (χ1n) is 8.89. The summed E-state index contributed by atoms with van der Waals surface area (Å²) in [6.07, 6.45) is 0. The topological polar surface area (TPSA) is 161 Å². The van der Waals surface area contributed by atoms with Gasteiger partial charge in [-0.15, -0.1) is 0 Å². The van der Waals surface area contributed by atoms with Crippen molar-refractivity contribution >= 4 is 28.5 Å². The van der Waals surface area contributed by atoms with Crippen LogP contribution in [0, 0.1) is 0 Å². The van der Waals surface area contributed by atoms with Gasteiger partial charge in [0.2, 0.25) is 28.9 Å². The first-order valence-corrected chi connectivity index (χ1v) is 8.89.